The number of thiazole rings is 1. The lowest BCUT2D eigenvalue weighted by molar-refractivity contribution is 0.119. The highest BCUT2D eigenvalue weighted by Crippen LogP contribution is 2.33. The Morgan fingerprint density at radius 2 is 1.86 bits per heavy atom. The van der Waals surface area contributed by atoms with Gasteiger partial charge in [-0.15, -0.1) is 10.2 Å². The summed E-state index contributed by atoms with van der Waals surface area (Å²) in [5.74, 6) is 1.22. The van der Waals surface area contributed by atoms with Crippen LogP contribution in [0.3, 0.4) is 0 Å². The summed E-state index contributed by atoms with van der Waals surface area (Å²) in [5, 5.41) is 8.68. The first-order chi connectivity index (χ1) is 13.7. The molecule has 0 radical (unpaired) electrons. The van der Waals surface area contributed by atoms with Crippen LogP contribution in [-0.2, 0) is 6.54 Å². The van der Waals surface area contributed by atoms with Crippen LogP contribution in [0.2, 0.25) is 0 Å². The Morgan fingerprint density at radius 3 is 2.68 bits per heavy atom. The molecule has 0 amide bonds. The maximum absolute atomic E-state index is 6.08. The second kappa shape index (κ2) is 7.27. The molecule has 28 heavy (non-hydrogen) atoms. The molecule has 0 saturated carbocycles. The Morgan fingerprint density at radius 1 is 1.07 bits per heavy atom. The number of aryl methyl sites for hydroxylation is 1. The highest BCUT2D eigenvalue weighted by Gasteiger charge is 2.22. The van der Waals surface area contributed by atoms with Crippen LogP contribution in [0.25, 0.3) is 26.8 Å². The van der Waals surface area contributed by atoms with Gasteiger partial charge in [0.05, 0.1) is 22.5 Å². The number of hydrogen-bond acceptors (Lipinski definition) is 7. The molecule has 146 valence electrons. The van der Waals surface area contributed by atoms with Crippen molar-refractivity contribution in [2.45, 2.75) is 26.8 Å². The molecule has 1 fully saturated rings. The maximum Gasteiger partial charge on any atom is 0.266 e. The fourth-order valence-electron chi connectivity index (χ4n) is 3.96. The lowest BCUT2D eigenvalue weighted by atomic mass is 10.3. The van der Waals surface area contributed by atoms with Crippen molar-refractivity contribution in [3.63, 3.8) is 0 Å². The van der Waals surface area contributed by atoms with Crippen molar-refractivity contribution in [2.75, 3.05) is 32.7 Å². The Balaban J connectivity index is 1.40. The van der Waals surface area contributed by atoms with Crippen molar-refractivity contribution < 1.29 is 4.42 Å². The largest absolute Gasteiger partial charge is 0.418 e. The van der Waals surface area contributed by atoms with Crippen molar-refractivity contribution >= 4 is 26.5 Å². The average Bonchev–Trinajstić information content (AvgIpc) is 3.37. The first-order valence-corrected chi connectivity index (χ1v) is 10.7. The third-order valence-corrected chi connectivity index (χ3v) is 6.38. The minimum absolute atomic E-state index is 0.549. The Labute approximate surface area is 167 Å². The van der Waals surface area contributed by atoms with E-state index in [0.717, 1.165) is 48.0 Å². The summed E-state index contributed by atoms with van der Waals surface area (Å²) >= 11 is 1.68. The smallest absolute Gasteiger partial charge is 0.266 e. The second-order valence-electron chi connectivity index (χ2n) is 7.35. The van der Waals surface area contributed by atoms with E-state index < -0.39 is 0 Å². The van der Waals surface area contributed by atoms with Gasteiger partial charge in [-0.05, 0) is 32.0 Å². The molecule has 8 heteroatoms. The number of nitrogens with zero attached hydrogens (tertiary/aromatic N) is 6. The molecule has 7 nitrogen and oxygen atoms in total. The Kier molecular flexibility index (Phi) is 4.62. The zero-order valence-corrected chi connectivity index (χ0v) is 17.1. The molecule has 0 N–H and O–H groups in total. The predicted molar refractivity (Wildman–Crippen MR) is 111 cm³/mol. The molecule has 1 aliphatic rings. The maximum atomic E-state index is 6.08. The van der Waals surface area contributed by atoms with Gasteiger partial charge in [0, 0.05) is 26.2 Å². The number of fused-ring (bicyclic) bond motifs is 3. The van der Waals surface area contributed by atoms with E-state index in [4.69, 9.17) is 9.40 Å². The van der Waals surface area contributed by atoms with E-state index in [1.807, 2.05) is 13.0 Å². The number of aromatic nitrogens is 4. The molecule has 5 rings (SSSR count). The van der Waals surface area contributed by atoms with Crippen molar-refractivity contribution in [1.82, 2.24) is 29.4 Å². The van der Waals surface area contributed by atoms with Gasteiger partial charge in [-0.2, -0.15) is 0 Å². The van der Waals surface area contributed by atoms with Crippen LogP contribution in [0.1, 0.15) is 24.9 Å². The van der Waals surface area contributed by atoms with Crippen LogP contribution in [0, 0.1) is 6.92 Å². The van der Waals surface area contributed by atoms with E-state index >= 15 is 0 Å². The molecule has 4 heterocycles. The minimum atomic E-state index is 0.549. The molecule has 0 aliphatic carbocycles. The Hall–Kier alpha value is -2.29. The predicted octanol–water partition coefficient (Wildman–Crippen LogP) is 3.44. The molecular formula is C20H24N6OS. The fourth-order valence-corrected chi connectivity index (χ4v) is 5.04. The molecule has 4 aromatic rings. The molecule has 1 saturated heterocycles. The highest BCUT2D eigenvalue weighted by atomic mass is 32.1. The number of para-hydroxylation sites is 1. The number of rotatable bonds is 5. The minimum Gasteiger partial charge on any atom is -0.418 e. The van der Waals surface area contributed by atoms with E-state index in [1.54, 1.807) is 11.3 Å². The van der Waals surface area contributed by atoms with Crippen LogP contribution < -0.4 is 0 Å². The van der Waals surface area contributed by atoms with Gasteiger partial charge in [0.25, 0.3) is 5.89 Å². The summed E-state index contributed by atoms with van der Waals surface area (Å²) < 4.78 is 9.42. The number of piperazine rings is 1. The van der Waals surface area contributed by atoms with Gasteiger partial charge in [-0.3, -0.25) is 9.30 Å². The van der Waals surface area contributed by atoms with E-state index in [2.05, 4.69) is 49.5 Å². The van der Waals surface area contributed by atoms with Crippen molar-refractivity contribution in [3.8, 4) is 11.6 Å². The van der Waals surface area contributed by atoms with E-state index in [-0.39, 0.29) is 0 Å². The van der Waals surface area contributed by atoms with E-state index in [1.165, 1.54) is 17.7 Å². The summed E-state index contributed by atoms with van der Waals surface area (Å²) in [6.07, 6.45) is 1.21. The second-order valence-corrected chi connectivity index (χ2v) is 8.36. The third-order valence-electron chi connectivity index (χ3n) is 5.36. The summed E-state index contributed by atoms with van der Waals surface area (Å²) in [6, 6.07) is 8.32. The van der Waals surface area contributed by atoms with Gasteiger partial charge in [0.2, 0.25) is 5.89 Å². The molecule has 0 bridgehead atoms. The summed E-state index contributed by atoms with van der Waals surface area (Å²) in [5.41, 5.74) is 2.95. The van der Waals surface area contributed by atoms with E-state index in [9.17, 15) is 0 Å². The van der Waals surface area contributed by atoms with Crippen molar-refractivity contribution in [2.24, 2.45) is 0 Å². The summed E-state index contributed by atoms with van der Waals surface area (Å²) in [7, 11) is 0. The lowest BCUT2D eigenvalue weighted by Gasteiger charge is -2.33. The zero-order valence-electron chi connectivity index (χ0n) is 16.3. The quantitative estimate of drug-likeness (QED) is 0.515. The first kappa shape index (κ1) is 17.8. The SMILES string of the molecule is CCCN1CCN(Cc2nnc(-c3c(C)nc4sc5ccccc5n34)o2)CC1. The van der Waals surface area contributed by atoms with E-state index in [0.29, 0.717) is 18.3 Å². The average molecular weight is 397 g/mol. The Bertz CT molecular complexity index is 1100. The number of imidazole rings is 1. The van der Waals surface area contributed by atoms with Crippen LogP contribution in [0.5, 0.6) is 0 Å². The monoisotopic (exact) mass is 396 g/mol. The number of benzene rings is 1. The van der Waals surface area contributed by atoms with Crippen LogP contribution in [0.15, 0.2) is 28.7 Å². The normalized spacial score (nSPS) is 16.5. The van der Waals surface area contributed by atoms with Gasteiger partial charge in [0.1, 0.15) is 5.69 Å². The molecule has 1 aromatic carbocycles. The summed E-state index contributed by atoms with van der Waals surface area (Å²) in [6.45, 7) is 10.4. The molecule has 0 unspecified atom stereocenters. The zero-order chi connectivity index (χ0) is 19.1. The lowest BCUT2D eigenvalue weighted by Crippen LogP contribution is -2.46. The van der Waals surface area contributed by atoms with Crippen LogP contribution in [-0.4, -0.2) is 62.1 Å². The first-order valence-electron chi connectivity index (χ1n) is 9.87. The molecule has 1 aliphatic heterocycles. The van der Waals surface area contributed by atoms with Gasteiger partial charge in [0.15, 0.2) is 4.96 Å². The van der Waals surface area contributed by atoms with Crippen molar-refractivity contribution in [3.05, 3.63) is 35.9 Å². The third kappa shape index (κ3) is 3.11. The molecule has 0 atom stereocenters. The van der Waals surface area contributed by atoms with Gasteiger partial charge < -0.3 is 9.32 Å². The molecular weight excluding hydrogens is 372 g/mol. The van der Waals surface area contributed by atoms with Gasteiger partial charge in [-0.25, -0.2) is 4.98 Å². The molecule has 0 spiro atoms. The topological polar surface area (TPSA) is 62.7 Å². The molecule has 3 aromatic heterocycles. The fraction of sp³-hybridized carbons (Fsp3) is 0.450. The van der Waals surface area contributed by atoms with Crippen molar-refractivity contribution in [1.29, 1.82) is 0 Å². The number of hydrogen-bond donors (Lipinski definition) is 0. The van der Waals surface area contributed by atoms with Gasteiger partial charge in [-0.1, -0.05) is 30.4 Å². The highest BCUT2D eigenvalue weighted by molar-refractivity contribution is 7.23. The standard InChI is InChI=1S/C20H24N6OS/c1-3-8-24-9-11-25(12-10-24)13-17-22-23-19(27-17)18-14(2)21-20-26(18)15-6-4-5-7-16(15)28-20/h4-7H,3,8-13H2,1-2H3. The van der Waals surface area contributed by atoms with Crippen LogP contribution in [0.4, 0.5) is 0 Å². The van der Waals surface area contributed by atoms with Crippen LogP contribution >= 0.6 is 11.3 Å². The van der Waals surface area contributed by atoms with Gasteiger partial charge >= 0.3 is 0 Å². The summed E-state index contributed by atoms with van der Waals surface area (Å²) in [4.78, 5) is 10.6.